The minimum absolute atomic E-state index is 0.0190. The molecule has 0 radical (unpaired) electrons. The number of fused-ring (bicyclic) bond motifs is 1. The second-order valence-corrected chi connectivity index (χ2v) is 6.51. The van der Waals surface area contributed by atoms with E-state index in [1.54, 1.807) is 12.0 Å². The quantitative estimate of drug-likeness (QED) is 0.775. The van der Waals surface area contributed by atoms with Gasteiger partial charge in [0, 0.05) is 6.04 Å². The zero-order valence-electron chi connectivity index (χ0n) is 14.6. The summed E-state index contributed by atoms with van der Waals surface area (Å²) >= 11 is 5.84. The summed E-state index contributed by atoms with van der Waals surface area (Å²) in [6.45, 7) is 0. The fourth-order valence-corrected chi connectivity index (χ4v) is 3.55. The predicted molar refractivity (Wildman–Crippen MR) is 102 cm³/mol. The van der Waals surface area contributed by atoms with E-state index in [9.17, 15) is 4.79 Å². The van der Waals surface area contributed by atoms with Crippen LogP contribution >= 0.6 is 11.6 Å². The van der Waals surface area contributed by atoms with Gasteiger partial charge >= 0.3 is 0 Å². The number of alkyl halides is 1. The number of benzene rings is 1. The fourth-order valence-electron chi connectivity index (χ4n) is 3.42. The molecule has 0 fully saturated rings. The van der Waals surface area contributed by atoms with E-state index >= 15 is 0 Å². The molecule has 2 aromatic rings. The summed E-state index contributed by atoms with van der Waals surface area (Å²) in [5, 5.41) is 0. The standard InChI is InChI=1S/C18H22ClN5O2/c1-26-13-4-2-3-11(9-13)5-6-12-7-8-14-16(24(12)15(25)10-19)17(20)23-18(21)22-14/h2-4,9,12H,5-8,10H2,1H3,(H4,20,21,22,23). The number of rotatable bonds is 5. The monoisotopic (exact) mass is 375 g/mol. The Hall–Kier alpha value is -2.54. The Balaban J connectivity index is 1.85. The van der Waals surface area contributed by atoms with E-state index in [0.29, 0.717) is 17.8 Å². The van der Waals surface area contributed by atoms with Crippen LogP contribution in [0.4, 0.5) is 17.5 Å². The molecule has 26 heavy (non-hydrogen) atoms. The molecule has 1 aliphatic heterocycles. The van der Waals surface area contributed by atoms with E-state index in [1.807, 2.05) is 24.3 Å². The van der Waals surface area contributed by atoms with Gasteiger partial charge in [0.1, 0.15) is 17.3 Å². The number of halogens is 1. The lowest BCUT2D eigenvalue weighted by Gasteiger charge is -2.37. The van der Waals surface area contributed by atoms with Crippen molar-refractivity contribution in [3.63, 3.8) is 0 Å². The van der Waals surface area contributed by atoms with Gasteiger partial charge in [-0.15, -0.1) is 11.6 Å². The van der Waals surface area contributed by atoms with Crippen LogP contribution in [0.1, 0.15) is 24.1 Å². The number of aromatic nitrogens is 2. The number of nitrogen functional groups attached to an aromatic ring is 2. The van der Waals surface area contributed by atoms with Crippen molar-refractivity contribution in [2.45, 2.75) is 31.7 Å². The maximum absolute atomic E-state index is 12.5. The van der Waals surface area contributed by atoms with Gasteiger partial charge in [-0.05, 0) is 43.4 Å². The van der Waals surface area contributed by atoms with Gasteiger partial charge in [-0.2, -0.15) is 4.98 Å². The van der Waals surface area contributed by atoms with E-state index in [0.717, 1.165) is 30.6 Å². The Morgan fingerprint density at radius 1 is 1.38 bits per heavy atom. The molecule has 1 amide bonds. The third-order valence-electron chi connectivity index (χ3n) is 4.60. The van der Waals surface area contributed by atoms with Gasteiger partial charge in [-0.25, -0.2) is 4.98 Å². The molecule has 1 aromatic carbocycles. The molecule has 3 rings (SSSR count). The van der Waals surface area contributed by atoms with Crippen LogP contribution < -0.4 is 21.1 Å². The highest BCUT2D eigenvalue weighted by Crippen LogP contribution is 2.36. The predicted octanol–water partition coefficient (Wildman–Crippen LogP) is 2.17. The van der Waals surface area contributed by atoms with Crippen molar-refractivity contribution in [2.75, 3.05) is 29.4 Å². The van der Waals surface area contributed by atoms with Gasteiger partial charge in [-0.1, -0.05) is 12.1 Å². The number of methoxy groups -OCH3 is 1. The van der Waals surface area contributed by atoms with Crippen molar-refractivity contribution in [3.05, 3.63) is 35.5 Å². The lowest BCUT2D eigenvalue weighted by Crippen LogP contribution is -2.45. The molecule has 0 saturated heterocycles. The first-order valence-corrected chi connectivity index (χ1v) is 8.99. The van der Waals surface area contributed by atoms with E-state index in [4.69, 9.17) is 27.8 Å². The normalized spacial score (nSPS) is 16.2. The van der Waals surface area contributed by atoms with Gasteiger partial charge in [0.15, 0.2) is 5.82 Å². The molecule has 0 aliphatic carbocycles. The molecule has 1 aromatic heterocycles. The van der Waals surface area contributed by atoms with Crippen LogP contribution in [0.25, 0.3) is 0 Å². The molecule has 7 nitrogen and oxygen atoms in total. The highest BCUT2D eigenvalue weighted by molar-refractivity contribution is 6.29. The molecular weight excluding hydrogens is 354 g/mol. The zero-order valence-corrected chi connectivity index (χ0v) is 15.4. The fraction of sp³-hybridized carbons (Fsp3) is 0.389. The molecule has 1 atom stereocenters. The SMILES string of the molecule is COc1cccc(CCC2CCc3nc(N)nc(N)c3N2C(=O)CCl)c1. The summed E-state index contributed by atoms with van der Waals surface area (Å²) in [7, 11) is 1.65. The van der Waals surface area contributed by atoms with Crippen molar-refractivity contribution in [3.8, 4) is 5.75 Å². The van der Waals surface area contributed by atoms with Gasteiger partial charge in [0.25, 0.3) is 0 Å². The number of hydrogen-bond donors (Lipinski definition) is 2. The molecule has 2 heterocycles. The summed E-state index contributed by atoms with van der Waals surface area (Å²) in [6, 6.07) is 7.90. The lowest BCUT2D eigenvalue weighted by molar-refractivity contribution is -0.116. The van der Waals surface area contributed by atoms with Gasteiger partial charge in [0.05, 0.1) is 12.8 Å². The van der Waals surface area contributed by atoms with Crippen molar-refractivity contribution >= 4 is 35.0 Å². The summed E-state index contributed by atoms with van der Waals surface area (Å²) in [5.41, 5.74) is 14.1. The van der Waals surface area contributed by atoms with Crippen LogP contribution in [0, 0.1) is 0 Å². The third kappa shape index (κ3) is 3.67. The second kappa shape index (κ2) is 7.78. The van der Waals surface area contributed by atoms with Crippen molar-refractivity contribution in [1.29, 1.82) is 0 Å². The topological polar surface area (TPSA) is 107 Å². The number of carbonyl (C=O) groups excluding carboxylic acids is 1. The molecule has 4 N–H and O–H groups in total. The first-order chi connectivity index (χ1) is 12.5. The maximum Gasteiger partial charge on any atom is 0.242 e. The number of aryl methyl sites for hydroxylation is 2. The Labute approximate surface area is 157 Å². The van der Waals surface area contributed by atoms with Crippen molar-refractivity contribution < 1.29 is 9.53 Å². The summed E-state index contributed by atoms with van der Waals surface area (Å²) in [4.78, 5) is 22.4. The van der Waals surface area contributed by atoms with E-state index in [1.165, 1.54) is 0 Å². The zero-order chi connectivity index (χ0) is 18.7. The smallest absolute Gasteiger partial charge is 0.242 e. The van der Waals surface area contributed by atoms with Crippen LogP contribution in [0.3, 0.4) is 0 Å². The summed E-state index contributed by atoms with van der Waals surface area (Å²) in [5.74, 6) is 0.826. The average Bonchev–Trinajstić information content (AvgIpc) is 2.65. The number of hydrogen-bond acceptors (Lipinski definition) is 6. The third-order valence-corrected chi connectivity index (χ3v) is 4.83. The minimum Gasteiger partial charge on any atom is -0.497 e. The number of anilines is 3. The number of nitrogens with zero attached hydrogens (tertiary/aromatic N) is 3. The van der Waals surface area contributed by atoms with Gasteiger partial charge in [-0.3, -0.25) is 4.79 Å². The Morgan fingerprint density at radius 3 is 2.92 bits per heavy atom. The Bertz CT molecular complexity index is 814. The van der Waals surface area contributed by atoms with Crippen LogP contribution in [-0.4, -0.2) is 34.9 Å². The van der Waals surface area contributed by atoms with E-state index in [2.05, 4.69) is 9.97 Å². The molecule has 1 aliphatic rings. The highest BCUT2D eigenvalue weighted by Gasteiger charge is 2.33. The van der Waals surface area contributed by atoms with Crippen molar-refractivity contribution in [2.24, 2.45) is 0 Å². The number of carbonyl (C=O) groups is 1. The molecule has 0 bridgehead atoms. The van der Waals surface area contributed by atoms with Crippen LogP contribution in [-0.2, 0) is 17.6 Å². The molecule has 0 saturated carbocycles. The molecule has 0 spiro atoms. The number of ether oxygens (including phenoxy) is 1. The van der Waals surface area contributed by atoms with E-state index in [-0.39, 0.29) is 29.6 Å². The number of nitrogens with two attached hydrogens (primary N) is 2. The summed E-state index contributed by atoms with van der Waals surface area (Å²) in [6.07, 6.45) is 3.05. The Kier molecular flexibility index (Phi) is 5.46. The van der Waals surface area contributed by atoms with Crippen LogP contribution in [0.5, 0.6) is 5.75 Å². The molecule has 8 heteroatoms. The first kappa shape index (κ1) is 18.3. The number of amides is 1. The maximum atomic E-state index is 12.5. The molecule has 1 unspecified atom stereocenters. The highest BCUT2D eigenvalue weighted by atomic mass is 35.5. The average molecular weight is 376 g/mol. The summed E-state index contributed by atoms with van der Waals surface area (Å²) < 4.78 is 5.27. The van der Waals surface area contributed by atoms with Crippen LogP contribution in [0.15, 0.2) is 24.3 Å². The van der Waals surface area contributed by atoms with E-state index < -0.39 is 0 Å². The first-order valence-electron chi connectivity index (χ1n) is 8.46. The van der Waals surface area contributed by atoms with Crippen molar-refractivity contribution in [1.82, 2.24) is 9.97 Å². The largest absolute Gasteiger partial charge is 0.497 e. The van der Waals surface area contributed by atoms with Gasteiger partial charge in [0.2, 0.25) is 11.9 Å². The lowest BCUT2D eigenvalue weighted by atomic mass is 9.94. The molecule has 138 valence electrons. The van der Waals surface area contributed by atoms with Crippen LogP contribution in [0.2, 0.25) is 0 Å². The second-order valence-electron chi connectivity index (χ2n) is 6.24. The molecular formula is C18H22ClN5O2. The minimum atomic E-state index is -0.205. The Morgan fingerprint density at radius 2 is 2.19 bits per heavy atom. The van der Waals surface area contributed by atoms with Gasteiger partial charge < -0.3 is 21.1 Å².